The standard InChI is InChI=1S/C11H21NO5S/c1-5-6-7(2)12-10(13)8(3)18(16,17)9(4)11(14)15/h7-9H,5-6H2,1-4H3,(H,12,13)(H,14,15). The summed E-state index contributed by atoms with van der Waals surface area (Å²) in [6.45, 7) is 6.01. The molecule has 3 atom stereocenters. The Morgan fingerprint density at radius 2 is 1.67 bits per heavy atom. The van der Waals surface area contributed by atoms with Crippen LogP contribution in [0.1, 0.15) is 40.5 Å². The molecule has 0 aliphatic heterocycles. The van der Waals surface area contributed by atoms with Crippen LogP contribution in [0, 0.1) is 0 Å². The van der Waals surface area contributed by atoms with Gasteiger partial charge in [-0.2, -0.15) is 0 Å². The Bertz CT molecular complexity index is 404. The fourth-order valence-electron chi connectivity index (χ4n) is 1.46. The number of rotatable bonds is 7. The molecule has 0 saturated heterocycles. The first-order valence-corrected chi connectivity index (χ1v) is 7.51. The molecule has 0 heterocycles. The SMILES string of the molecule is CCCC(C)NC(=O)C(C)S(=O)(=O)C(C)C(=O)O. The lowest BCUT2D eigenvalue weighted by atomic mass is 10.2. The summed E-state index contributed by atoms with van der Waals surface area (Å²) in [4.78, 5) is 22.4. The predicted molar refractivity (Wildman–Crippen MR) is 68.0 cm³/mol. The van der Waals surface area contributed by atoms with Crippen molar-refractivity contribution in [2.45, 2.75) is 57.1 Å². The van der Waals surface area contributed by atoms with Gasteiger partial charge in [-0.25, -0.2) is 8.42 Å². The van der Waals surface area contributed by atoms with Gasteiger partial charge >= 0.3 is 5.97 Å². The van der Waals surface area contributed by atoms with E-state index in [1.807, 2.05) is 6.92 Å². The molecule has 0 saturated carbocycles. The molecule has 0 spiro atoms. The van der Waals surface area contributed by atoms with Crippen molar-refractivity contribution < 1.29 is 23.1 Å². The average Bonchev–Trinajstić information content (AvgIpc) is 2.26. The van der Waals surface area contributed by atoms with Gasteiger partial charge < -0.3 is 10.4 Å². The van der Waals surface area contributed by atoms with Crippen molar-refractivity contribution in [2.24, 2.45) is 0 Å². The first kappa shape index (κ1) is 16.9. The van der Waals surface area contributed by atoms with Crippen molar-refractivity contribution in [3.63, 3.8) is 0 Å². The Morgan fingerprint density at radius 3 is 2.06 bits per heavy atom. The van der Waals surface area contributed by atoms with E-state index in [9.17, 15) is 18.0 Å². The first-order chi connectivity index (χ1) is 8.14. The van der Waals surface area contributed by atoms with Crippen molar-refractivity contribution >= 4 is 21.7 Å². The zero-order valence-corrected chi connectivity index (χ0v) is 12.0. The van der Waals surface area contributed by atoms with Crippen LogP contribution in [0.3, 0.4) is 0 Å². The molecule has 0 aromatic rings. The number of carbonyl (C=O) groups excluding carboxylic acids is 1. The monoisotopic (exact) mass is 279 g/mol. The first-order valence-electron chi connectivity index (χ1n) is 5.90. The van der Waals surface area contributed by atoms with Crippen molar-refractivity contribution in [2.75, 3.05) is 0 Å². The minimum Gasteiger partial charge on any atom is -0.480 e. The second-order valence-corrected chi connectivity index (χ2v) is 7.00. The predicted octanol–water partition coefficient (Wildman–Crippen LogP) is 0.568. The second kappa shape index (κ2) is 6.72. The van der Waals surface area contributed by atoms with Crippen LogP contribution in [0.15, 0.2) is 0 Å². The zero-order chi connectivity index (χ0) is 14.5. The summed E-state index contributed by atoms with van der Waals surface area (Å²) in [5.41, 5.74) is 0. The number of nitrogens with one attached hydrogen (secondary N) is 1. The molecule has 2 N–H and O–H groups in total. The lowest BCUT2D eigenvalue weighted by Crippen LogP contribution is -2.46. The molecular weight excluding hydrogens is 258 g/mol. The summed E-state index contributed by atoms with van der Waals surface area (Å²) in [5.74, 6) is -2.10. The molecule has 18 heavy (non-hydrogen) atoms. The van der Waals surface area contributed by atoms with E-state index in [1.165, 1.54) is 6.92 Å². The van der Waals surface area contributed by atoms with Gasteiger partial charge in [0, 0.05) is 6.04 Å². The highest BCUT2D eigenvalue weighted by Gasteiger charge is 2.37. The summed E-state index contributed by atoms with van der Waals surface area (Å²) in [6.07, 6.45) is 1.61. The molecule has 1 amide bonds. The Kier molecular flexibility index (Phi) is 6.31. The lowest BCUT2D eigenvalue weighted by Gasteiger charge is -2.19. The van der Waals surface area contributed by atoms with Gasteiger partial charge in [-0.15, -0.1) is 0 Å². The van der Waals surface area contributed by atoms with E-state index in [0.29, 0.717) is 0 Å². The topological polar surface area (TPSA) is 101 Å². The van der Waals surface area contributed by atoms with E-state index in [0.717, 1.165) is 19.8 Å². The van der Waals surface area contributed by atoms with Gasteiger partial charge in [0.1, 0.15) is 5.25 Å². The third kappa shape index (κ3) is 4.29. The molecular formula is C11H21NO5S. The molecule has 0 bridgehead atoms. The Hall–Kier alpha value is -1.11. The number of hydrogen-bond donors (Lipinski definition) is 2. The largest absolute Gasteiger partial charge is 0.480 e. The summed E-state index contributed by atoms with van der Waals surface area (Å²) in [5, 5.41) is 8.33. The molecule has 0 aliphatic rings. The number of sulfone groups is 1. The van der Waals surface area contributed by atoms with E-state index < -0.39 is 32.2 Å². The number of amides is 1. The molecule has 0 aromatic carbocycles. The third-order valence-corrected chi connectivity index (χ3v) is 5.20. The highest BCUT2D eigenvalue weighted by molar-refractivity contribution is 7.94. The van der Waals surface area contributed by atoms with Gasteiger partial charge in [0.25, 0.3) is 0 Å². The maximum absolute atomic E-state index is 11.8. The van der Waals surface area contributed by atoms with Crippen LogP contribution in [-0.2, 0) is 19.4 Å². The minimum absolute atomic E-state index is 0.125. The van der Waals surface area contributed by atoms with Crippen LogP contribution < -0.4 is 5.32 Å². The van der Waals surface area contributed by atoms with Gasteiger partial charge in [-0.05, 0) is 27.2 Å². The Balaban J connectivity index is 4.79. The van der Waals surface area contributed by atoms with Gasteiger partial charge in [-0.3, -0.25) is 9.59 Å². The fourth-order valence-corrected chi connectivity index (χ4v) is 2.72. The van der Waals surface area contributed by atoms with E-state index in [2.05, 4.69) is 5.32 Å². The molecule has 6 nitrogen and oxygen atoms in total. The molecule has 0 aliphatic carbocycles. The van der Waals surface area contributed by atoms with E-state index in [1.54, 1.807) is 6.92 Å². The highest BCUT2D eigenvalue weighted by Crippen LogP contribution is 2.10. The Labute approximate surface area is 108 Å². The van der Waals surface area contributed by atoms with E-state index >= 15 is 0 Å². The summed E-state index contributed by atoms with van der Waals surface area (Å²) >= 11 is 0. The number of carbonyl (C=O) groups is 2. The van der Waals surface area contributed by atoms with Gasteiger partial charge in [0.2, 0.25) is 5.91 Å². The van der Waals surface area contributed by atoms with Crippen molar-refractivity contribution in [3.05, 3.63) is 0 Å². The van der Waals surface area contributed by atoms with Crippen molar-refractivity contribution in [1.29, 1.82) is 0 Å². The maximum Gasteiger partial charge on any atom is 0.321 e. The van der Waals surface area contributed by atoms with Crippen molar-refractivity contribution in [3.8, 4) is 0 Å². The summed E-state index contributed by atoms with van der Waals surface area (Å²) < 4.78 is 23.6. The molecule has 106 valence electrons. The molecule has 0 aromatic heterocycles. The average molecular weight is 279 g/mol. The number of hydrogen-bond acceptors (Lipinski definition) is 4. The van der Waals surface area contributed by atoms with Gasteiger partial charge in [-0.1, -0.05) is 13.3 Å². The van der Waals surface area contributed by atoms with Crippen LogP contribution >= 0.6 is 0 Å². The maximum atomic E-state index is 11.8. The lowest BCUT2D eigenvalue weighted by molar-refractivity contribution is -0.136. The van der Waals surface area contributed by atoms with E-state index in [4.69, 9.17) is 5.11 Å². The van der Waals surface area contributed by atoms with Crippen LogP contribution in [0.4, 0.5) is 0 Å². The smallest absolute Gasteiger partial charge is 0.321 e. The normalized spacial score (nSPS) is 16.7. The van der Waals surface area contributed by atoms with Crippen LogP contribution in [0.2, 0.25) is 0 Å². The van der Waals surface area contributed by atoms with Crippen LogP contribution in [0.25, 0.3) is 0 Å². The highest BCUT2D eigenvalue weighted by atomic mass is 32.2. The second-order valence-electron chi connectivity index (χ2n) is 4.41. The summed E-state index contributed by atoms with van der Waals surface area (Å²) in [6, 6.07) is -0.125. The van der Waals surface area contributed by atoms with Gasteiger partial charge in [0.05, 0.1) is 0 Å². The Morgan fingerprint density at radius 1 is 1.17 bits per heavy atom. The molecule has 0 radical (unpaired) electrons. The molecule has 7 heteroatoms. The fraction of sp³-hybridized carbons (Fsp3) is 0.818. The summed E-state index contributed by atoms with van der Waals surface area (Å²) in [7, 11) is -4.01. The molecule has 0 rings (SSSR count). The van der Waals surface area contributed by atoms with Crippen molar-refractivity contribution in [1.82, 2.24) is 5.32 Å². The zero-order valence-electron chi connectivity index (χ0n) is 11.1. The van der Waals surface area contributed by atoms with Crippen LogP contribution in [0.5, 0.6) is 0 Å². The molecule has 0 fully saturated rings. The molecule has 3 unspecified atom stereocenters. The minimum atomic E-state index is -4.01. The third-order valence-electron chi connectivity index (χ3n) is 2.81. The number of aliphatic carboxylic acids is 1. The van der Waals surface area contributed by atoms with Crippen LogP contribution in [-0.4, -0.2) is 41.9 Å². The number of carboxylic acid groups (broad SMARTS) is 1. The van der Waals surface area contributed by atoms with Gasteiger partial charge in [0.15, 0.2) is 15.1 Å². The quantitative estimate of drug-likeness (QED) is 0.709. The van der Waals surface area contributed by atoms with E-state index in [-0.39, 0.29) is 6.04 Å². The number of carboxylic acids is 1.